The highest BCUT2D eigenvalue weighted by atomic mass is 32.2. The zero-order chi connectivity index (χ0) is 16.8. The van der Waals surface area contributed by atoms with Crippen LogP contribution in [-0.2, 0) is 0 Å². The molecule has 0 spiro atoms. The Bertz CT molecular complexity index is 357. The number of benzene rings is 1. The number of hydrogen-bond donors (Lipinski definition) is 1. The molecule has 0 aliphatic carbocycles. The van der Waals surface area contributed by atoms with E-state index >= 15 is 0 Å². The van der Waals surface area contributed by atoms with Crippen molar-refractivity contribution in [3.63, 3.8) is 0 Å². The molecular weight excluding hydrogens is 292 g/mol. The Labute approximate surface area is 141 Å². The Morgan fingerprint density at radius 3 is 2.41 bits per heavy atom. The lowest BCUT2D eigenvalue weighted by molar-refractivity contribution is 0.255. The minimum absolute atomic E-state index is 0.528. The third-order valence-corrected chi connectivity index (χ3v) is 3.97. The van der Waals surface area contributed by atoms with Gasteiger partial charge >= 0.3 is 0 Å². The minimum atomic E-state index is 0.528. The standard InChI is InChI=1S/C16H28N2OS.C2H6/c1-5-6-11-17-12-14(2)13-19-16-9-7-15(8-10-16)18(3)20-4;1-2/h7-10,14,17H,5-6,11-13H2,1-4H3;1-2H3. The molecule has 0 aliphatic rings. The van der Waals surface area contributed by atoms with E-state index in [-0.39, 0.29) is 0 Å². The highest BCUT2D eigenvalue weighted by Crippen LogP contribution is 2.22. The lowest BCUT2D eigenvalue weighted by Gasteiger charge is -2.17. The van der Waals surface area contributed by atoms with Gasteiger partial charge in [-0.05, 0) is 37.2 Å². The number of nitrogens with one attached hydrogen (secondary N) is 1. The van der Waals surface area contributed by atoms with E-state index in [4.69, 9.17) is 4.74 Å². The van der Waals surface area contributed by atoms with Crippen LogP contribution >= 0.6 is 11.9 Å². The molecule has 0 bridgehead atoms. The van der Waals surface area contributed by atoms with Crippen LogP contribution in [0.15, 0.2) is 24.3 Å². The summed E-state index contributed by atoms with van der Waals surface area (Å²) in [4.78, 5) is 0. The second-order valence-electron chi connectivity index (χ2n) is 5.15. The molecule has 1 aromatic rings. The van der Waals surface area contributed by atoms with Gasteiger partial charge in [0, 0.05) is 31.5 Å². The Balaban J connectivity index is 0.00000211. The minimum Gasteiger partial charge on any atom is -0.493 e. The molecule has 1 atom stereocenters. The van der Waals surface area contributed by atoms with Crippen molar-refractivity contribution in [1.82, 2.24) is 5.32 Å². The first-order chi connectivity index (χ1) is 10.7. The molecule has 0 aromatic heterocycles. The van der Waals surface area contributed by atoms with Gasteiger partial charge in [-0.25, -0.2) is 0 Å². The fraction of sp³-hybridized carbons (Fsp3) is 0.667. The van der Waals surface area contributed by atoms with Crippen LogP contribution in [0.4, 0.5) is 5.69 Å². The van der Waals surface area contributed by atoms with Gasteiger partial charge in [-0.1, -0.05) is 46.1 Å². The summed E-state index contributed by atoms with van der Waals surface area (Å²) in [5.74, 6) is 1.48. The molecule has 0 amide bonds. The molecule has 128 valence electrons. The summed E-state index contributed by atoms with van der Waals surface area (Å²) in [6.45, 7) is 11.3. The van der Waals surface area contributed by atoms with Gasteiger partial charge in [-0.2, -0.15) is 0 Å². The van der Waals surface area contributed by atoms with Crippen LogP contribution in [0.25, 0.3) is 0 Å². The van der Waals surface area contributed by atoms with Gasteiger partial charge in [0.05, 0.1) is 6.61 Å². The van der Waals surface area contributed by atoms with Gasteiger partial charge in [0.25, 0.3) is 0 Å². The maximum absolute atomic E-state index is 5.83. The summed E-state index contributed by atoms with van der Waals surface area (Å²) >= 11 is 1.70. The van der Waals surface area contributed by atoms with E-state index in [9.17, 15) is 0 Å². The van der Waals surface area contributed by atoms with Crippen molar-refractivity contribution in [2.75, 3.05) is 37.3 Å². The van der Waals surface area contributed by atoms with E-state index in [0.29, 0.717) is 5.92 Å². The van der Waals surface area contributed by atoms with Crippen molar-refractivity contribution < 1.29 is 4.74 Å². The Hall–Kier alpha value is -0.870. The molecular formula is C18H34N2OS. The summed E-state index contributed by atoms with van der Waals surface area (Å²) < 4.78 is 7.96. The normalized spacial score (nSPS) is 11.4. The molecule has 3 nitrogen and oxygen atoms in total. The Morgan fingerprint density at radius 2 is 1.86 bits per heavy atom. The Morgan fingerprint density at radius 1 is 1.23 bits per heavy atom. The van der Waals surface area contributed by atoms with Gasteiger partial charge in [-0.15, -0.1) is 0 Å². The molecule has 0 heterocycles. The lowest BCUT2D eigenvalue weighted by atomic mass is 10.2. The molecule has 4 heteroatoms. The average molecular weight is 327 g/mol. The highest BCUT2D eigenvalue weighted by molar-refractivity contribution is 7.99. The summed E-state index contributed by atoms with van der Waals surface area (Å²) in [5, 5.41) is 3.46. The highest BCUT2D eigenvalue weighted by Gasteiger charge is 2.04. The van der Waals surface area contributed by atoms with Gasteiger partial charge in [-0.3, -0.25) is 0 Å². The van der Waals surface area contributed by atoms with Crippen LogP contribution in [0.3, 0.4) is 0 Å². The number of hydrogen-bond acceptors (Lipinski definition) is 4. The zero-order valence-electron chi connectivity index (χ0n) is 15.2. The molecule has 1 N–H and O–H groups in total. The Kier molecular flexibility index (Phi) is 13.2. The third kappa shape index (κ3) is 9.21. The molecule has 0 aliphatic heterocycles. The fourth-order valence-electron chi connectivity index (χ4n) is 1.81. The molecule has 0 saturated carbocycles. The topological polar surface area (TPSA) is 24.5 Å². The van der Waals surface area contributed by atoms with E-state index in [1.165, 1.54) is 18.5 Å². The summed E-state index contributed by atoms with van der Waals surface area (Å²) in [6, 6.07) is 8.27. The number of anilines is 1. The summed E-state index contributed by atoms with van der Waals surface area (Å²) in [7, 11) is 2.06. The van der Waals surface area contributed by atoms with Gasteiger partial charge < -0.3 is 14.4 Å². The van der Waals surface area contributed by atoms with E-state index in [1.807, 2.05) is 26.0 Å². The largest absolute Gasteiger partial charge is 0.493 e. The smallest absolute Gasteiger partial charge is 0.119 e. The summed E-state index contributed by atoms with van der Waals surface area (Å²) in [5.41, 5.74) is 1.19. The maximum atomic E-state index is 5.83. The molecule has 1 rings (SSSR count). The number of rotatable bonds is 10. The van der Waals surface area contributed by atoms with Gasteiger partial charge in [0.1, 0.15) is 5.75 Å². The number of ether oxygens (including phenoxy) is 1. The SMILES string of the molecule is CC.CCCCNCC(C)COc1ccc(N(C)SC)cc1. The first-order valence-corrected chi connectivity index (χ1v) is 9.57. The van der Waals surface area contributed by atoms with Gasteiger partial charge in [0.2, 0.25) is 0 Å². The van der Waals surface area contributed by atoms with Crippen molar-refractivity contribution in [2.24, 2.45) is 5.92 Å². The van der Waals surface area contributed by atoms with Crippen molar-refractivity contribution >= 4 is 17.6 Å². The first-order valence-electron chi connectivity index (χ1n) is 8.38. The molecule has 0 radical (unpaired) electrons. The first kappa shape index (κ1) is 21.1. The quantitative estimate of drug-likeness (QED) is 0.491. The second-order valence-corrected chi connectivity index (χ2v) is 6.06. The van der Waals surface area contributed by atoms with Crippen LogP contribution in [0, 0.1) is 5.92 Å². The maximum Gasteiger partial charge on any atom is 0.119 e. The van der Waals surface area contributed by atoms with Crippen LogP contribution in [-0.4, -0.2) is 33.0 Å². The van der Waals surface area contributed by atoms with Crippen molar-refractivity contribution in [3.05, 3.63) is 24.3 Å². The predicted octanol–water partition coefficient (Wildman–Crippen LogP) is 4.83. The van der Waals surface area contributed by atoms with Crippen LogP contribution in [0.2, 0.25) is 0 Å². The van der Waals surface area contributed by atoms with Crippen LogP contribution in [0.5, 0.6) is 5.75 Å². The molecule has 22 heavy (non-hydrogen) atoms. The second kappa shape index (κ2) is 13.8. The molecule has 1 aromatic carbocycles. The fourth-order valence-corrected chi connectivity index (χ4v) is 2.14. The van der Waals surface area contributed by atoms with E-state index in [1.54, 1.807) is 11.9 Å². The lowest BCUT2D eigenvalue weighted by Crippen LogP contribution is -2.25. The number of unbranched alkanes of at least 4 members (excludes halogenated alkanes) is 1. The van der Waals surface area contributed by atoms with Crippen LogP contribution in [0.1, 0.15) is 40.5 Å². The summed E-state index contributed by atoms with van der Waals surface area (Å²) in [6.07, 6.45) is 4.56. The number of nitrogens with zero attached hydrogens (tertiary/aromatic N) is 1. The predicted molar refractivity (Wildman–Crippen MR) is 102 cm³/mol. The molecule has 0 saturated heterocycles. The average Bonchev–Trinajstić information content (AvgIpc) is 2.58. The zero-order valence-corrected chi connectivity index (χ0v) is 16.0. The third-order valence-electron chi connectivity index (χ3n) is 3.21. The van der Waals surface area contributed by atoms with E-state index < -0.39 is 0 Å². The van der Waals surface area contributed by atoms with E-state index in [0.717, 1.165) is 25.4 Å². The monoisotopic (exact) mass is 326 g/mol. The molecule has 0 fully saturated rings. The van der Waals surface area contributed by atoms with Crippen LogP contribution < -0.4 is 14.4 Å². The van der Waals surface area contributed by atoms with E-state index in [2.05, 4.69) is 48.9 Å². The van der Waals surface area contributed by atoms with Gasteiger partial charge in [0.15, 0.2) is 0 Å². The van der Waals surface area contributed by atoms with Crippen molar-refractivity contribution in [3.8, 4) is 5.75 Å². The van der Waals surface area contributed by atoms with Crippen molar-refractivity contribution in [2.45, 2.75) is 40.5 Å². The van der Waals surface area contributed by atoms with Crippen molar-refractivity contribution in [1.29, 1.82) is 0 Å². The molecule has 1 unspecified atom stereocenters.